The number of rotatable bonds is 6. The van der Waals surface area contributed by atoms with Crippen molar-refractivity contribution in [1.29, 1.82) is 0 Å². The first-order valence-electron chi connectivity index (χ1n) is 17.8. The fourth-order valence-corrected chi connectivity index (χ4v) is 7.36. The number of hydrogen-bond acceptors (Lipinski definition) is 5. The molecular weight excluding hydrogens is 651 g/mol. The van der Waals surface area contributed by atoms with Gasteiger partial charge in [-0.3, -0.25) is 0 Å². The van der Waals surface area contributed by atoms with Gasteiger partial charge in [-0.1, -0.05) is 103 Å². The molecule has 2 aliphatic heterocycles. The Balaban J connectivity index is 1.12. The lowest BCUT2D eigenvalue weighted by Gasteiger charge is -2.35. The number of ether oxygens (including phenoxy) is 2. The summed E-state index contributed by atoms with van der Waals surface area (Å²) in [4.78, 5) is 6.79. The van der Waals surface area contributed by atoms with E-state index in [4.69, 9.17) is 9.47 Å². The number of fused-ring (bicyclic) bond motifs is 4. The van der Waals surface area contributed by atoms with E-state index in [0.29, 0.717) is 0 Å². The van der Waals surface area contributed by atoms with Crippen LogP contribution in [0.1, 0.15) is 0 Å². The van der Waals surface area contributed by atoms with Crippen molar-refractivity contribution >= 4 is 51.2 Å². The minimum atomic E-state index is 0.773. The molecule has 8 aromatic carbocycles. The second-order valence-electron chi connectivity index (χ2n) is 13.0. The van der Waals surface area contributed by atoms with E-state index >= 15 is 0 Å². The molecule has 0 atom stereocenters. The van der Waals surface area contributed by atoms with E-state index < -0.39 is 0 Å². The fraction of sp³-hybridized carbons (Fsp3) is 0. The van der Waals surface area contributed by atoms with Gasteiger partial charge in [0.1, 0.15) is 0 Å². The molecule has 10 rings (SSSR count). The predicted octanol–water partition coefficient (Wildman–Crippen LogP) is 14.0. The Hall–Kier alpha value is -7.24. The predicted molar refractivity (Wildman–Crippen MR) is 216 cm³/mol. The summed E-state index contributed by atoms with van der Waals surface area (Å²) in [6.07, 6.45) is 0. The number of anilines is 9. The molecule has 0 spiro atoms. The van der Waals surface area contributed by atoms with Gasteiger partial charge in [0.05, 0.1) is 22.7 Å². The van der Waals surface area contributed by atoms with Crippen LogP contribution in [0.15, 0.2) is 200 Å². The largest absolute Gasteiger partial charge is 0.453 e. The molecule has 0 unspecified atom stereocenters. The van der Waals surface area contributed by atoms with E-state index in [0.717, 1.165) is 79.7 Å². The summed E-state index contributed by atoms with van der Waals surface area (Å²) < 4.78 is 13.3. The minimum absolute atomic E-state index is 0.773. The SMILES string of the molecule is c1ccc(-c2ccc(N(c3ccc4c(c3)Oc3ccccc3N4c3ccccc3)c3ccc4c(c3)Oc3ccccc3N4c3ccccc3)cc2)cc1. The summed E-state index contributed by atoms with van der Waals surface area (Å²) in [6, 6.07) is 69.4. The molecule has 0 fully saturated rings. The average Bonchev–Trinajstić information content (AvgIpc) is 3.23. The number of para-hydroxylation sites is 6. The first-order valence-corrected chi connectivity index (χ1v) is 17.8. The Bertz CT molecular complexity index is 2430. The third-order valence-electron chi connectivity index (χ3n) is 9.80. The van der Waals surface area contributed by atoms with Crippen molar-refractivity contribution < 1.29 is 9.47 Å². The van der Waals surface area contributed by atoms with Gasteiger partial charge < -0.3 is 24.2 Å². The number of hydrogen-bond donors (Lipinski definition) is 0. The maximum absolute atomic E-state index is 6.66. The molecule has 252 valence electrons. The van der Waals surface area contributed by atoms with Crippen LogP contribution in [0, 0.1) is 0 Å². The highest BCUT2D eigenvalue weighted by molar-refractivity contribution is 5.91. The van der Waals surface area contributed by atoms with Gasteiger partial charge in [-0.25, -0.2) is 0 Å². The first-order chi connectivity index (χ1) is 26.3. The van der Waals surface area contributed by atoms with Crippen molar-refractivity contribution in [1.82, 2.24) is 0 Å². The Kier molecular flexibility index (Phi) is 7.40. The van der Waals surface area contributed by atoms with Gasteiger partial charge >= 0.3 is 0 Å². The second-order valence-corrected chi connectivity index (χ2v) is 13.0. The highest BCUT2D eigenvalue weighted by Crippen LogP contribution is 2.54. The van der Waals surface area contributed by atoms with Gasteiger partial charge in [0.2, 0.25) is 0 Å². The standard InChI is InChI=1S/C48H33N3O2/c1-4-14-34(15-5-1)35-24-26-38(27-25-35)49(39-28-30-43-47(32-39)52-45-22-12-10-20-41(45)50(43)36-16-6-2-7-17-36)40-29-31-44-48(33-40)53-46-23-13-11-21-42(46)51(44)37-18-8-3-9-19-37/h1-33H. The van der Waals surface area contributed by atoms with Gasteiger partial charge in [0.25, 0.3) is 0 Å². The molecule has 5 heteroatoms. The summed E-state index contributed by atoms with van der Waals surface area (Å²) in [5, 5.41) is 0. The Morgan fingerprint density at radius 2 is 0.679 bits per heavy atom. The minimum Gasteiger partial charge on any atom is -0.453 e. The van der Waals surface area contributed by atoms with E-state index in [1.807, 2.05) is 54.6 Å². The summed E-state index contributed by atoms with van der Waals surface area (Å²) in [7, 11) is 0. The summed E-state index contributed by atoms with van der Waals surface area (Å²) in [5.41, 5.74) is 11.3. The van der Waals surface area contributed by atoms with Crippen LogP contribution in [0.25, 0.3) is 11.1 Å². The van der Waals surface area contributed by atoms with Crippen molar-refractivity contribution in [2.75, 3.05) is 14.7 Å². The van der Waals surface area contributed by atoms with E-state index in [1.54, 1.807) is 0 Å². The molecule has 5 nitrogen and oxygen atoms in total. The lowest BCUT2D eigenvalue weighted by Crippen LogP contribution is -2.18. The monoisotopic (exact) mass is 683 g/mol. The van der Waals surface area contributed by atoms with Crippen molar-refractivity contribution in [3.63, 3.8) is 0 Å². The molecule has 8 aromatic rings. The average molecular weight is 684 g/mol. The molecular formula is C48H33N3O2. The van der Waals surface area contributed by atoms with Gasteiger partial charge in [0, 0.05) is 40.6 Å². The second kappa shape index (κ2) is 12.8. The van der Waals surface area contributed by atoms with Crippen LogP contribution < -0.4 is 24.2 Å². The van der Waals surface area contributed by atoms with E-state index in [1.165, 1.54) is 5.56 Å². The molecule has 0 radical (unpaired) electrons. The van der Waals surface area contributed by atoms with Crippen LogP contribution >= 0.6 is 0 Å². The van der Waals surface area contributed by atoms with Crippen molar-refractivity contribution in [3.05, 3.63) is 200 Å². The molecule has 0 aliphatic carbocycles. The zero-order chi connectivity index (χ0) is 35.1. The van der Waals surface area contributed by atoms with Gasteiger partial charge in [0.15, 0.2) is 23.0 Å². The number of nitrogens with zero attached hydrogens (tertiary/aromatic N) is 3. The highest BCUT2D eigenvalue weighted by atomic mass is 16.5. The molecule has 0 N–H and O–H groups in total. The van der Waals surface area contributed by atoms with Crippen molar-refractivity contribution in [2.45, 2.75) is 0 Å². The molecule has 0 saturated heterocycles. The van der Waals surface area contributed by atoms with Crippen LogP contribution in [0.3, 0.4) is 0 Å². The van der Waals surface area contributed by atoms with Crippen LogP contribution in [0.2, 0.25) is 0 Å². The van der Waals surface area contributed by atoms with Crippen molar-refractivity contribution in [3.8, 4) is 34.1 Å². The Morgan fingerprint density at radius 1 is 0.302 bits per heavy atom. The zero-order valence-corrected chi connectivity index (χ0v) is 28.7. The fourth-order valence-electron chi connectivity index (χ4n) is 7.36. The molecule has 53 heavy (non-hydrogen) atoms. The lowest BCUT2D eigenvalue weighted by molar-refractivity contribution is 0.477. The van der Waals surface area contributed by atoms with E-state index in [9.17, 15) is 0 Å². The maximum atomic E-state index is 6.66. The van der Waals surface area contributed by atoms with Crippen molar-refractivity contribution in [2.24, 2.45) is 0 Å². The van der Waals surface area contributed by atoms with Crippen LogP contribution in [-0.2, 0) is 0 Å². The molecule has 0 aromatic heterocycles. The molecule has 2 aliphatic rings. The van der Waals surface area contributed by atoms with E-state index in [2.05, 4.69) is 160 Å². The topological polar surface area (TPSA) is 28.2 Å². The lowest BCUT2D eigenvalue weighted by atomic mass is 10.0. The zero-order valence-electron chi connectivity index (χ0n) is 28.7. The normalized spacial score (nSPS) is 12.4. The molecule has 0 bridgehead atoms. The van der Waals surface area contributed by atoms with Gasteiger partial charge in [-0.05, 0) is 96.1 Å². The van der Waals surface area contributed by atoms with Crippen LogP contribution in [-0.4, -0.2) is 0 Å². The summed E-state index contributed by atoms with van der Waals surface area (Å²) in [6.45, 7) is 0. The van der Waals surface area contributed by atoms with Gasteiger partial charge in [-0.2, -0.15) is 0 Å². The smallest absolute Gasteiger partial charge is 0.153 e. The van der Waals surface area contributed by atoms with Crippen LogP contribution in [0.5, 0.6) is 23.0 Å². The Labute approximate surface area is 308 Å². The Morgan fingerprint density at radius 3 is 1.17 bits per heavy atom. The maximum Gasteiger partial charge on any atom is 0.153 e. The van der Waals surface area contributed by atoms with E-state index in [-0.39, 0.29) is 0 Å². The third-order valence-corrected chi connectivity index (χ3v) is 9.80. The summed E-state index contributed by atoms with van der Waals surface area (Å²) >= 11 is 0. The molecule has 0 saturated carbocycles. The molecule has 0 amide bonds. The first kappa shape index (κ1) is 30.6. The van der Waals surface area contributed by atoms with Crippen LogP contribution in [0.4, 0.5) is 51.2 Å². The number of benzene rings is 8. The third kappa shape index (κ3) is 5.43. The van der Waals surface area contributed by atoms with Gasteiger partial charge in [-0.15, -0.1) is 0 Å². The molecule has 2 heterocycles. The highest BCUT2D eigenvalue weighted by Gasteiger charge is 2.29. The quantitative estimate of drug-likeness (QED) is 0.174. The summed E-state index contributed by atoms with van der Waals surface area (Å²) in [5.74, 6) is 3.16.